The van der Waals surface area contributed by atoms with Crippen LogP contribution in [0.1, 0.15) is 109 Å². The van der Waals surface area contributed by atoms with Gasteiger partial charge in [0, 0.05) is 6.42 Å². The molecule has 0 aliphatic carbocycles. The van der Waals surface area contributed by atoms with Crippen LogP contribution < -0.4 is 5.43 Å². The van der Waals surface area contributed by atoms with Gasteiger partial charge < -0.3 is 0 Å². The standard InChI is InChI=1S/C26H42N2O/c1-3-4-5-6-7-8-9-10-11-12-13-14-18-21-26(29)28-27-23-24(2)22-25-19-16-15-17-20-25/h15-17,19-20,22-23H,3-14,18,21H2,1-2H3,(H,28,29)/b24-22-,27-23+. The third-order valence-corrected chi connectivity index (χ3v) is 5.16. The summed E-state index contributed by atoms with van der Waals surface area (Å²) in [5.74, 6) is 0.0110. The van der Waals surface area contributed by atoms with Crippen molar-refractivity contribution < 1.29 is 4.79 Å². The number of amides is 1. The van der Waals surface area contributed by atoms with Crippen molar-refractivity contribution in [2.75, 3.05) is 0 Å². The van der Waals surface area contributed by atoms with E-state index in [4.69, 9.17) is 0 Å². The summed E-state index contributed by atoms with van der Waals surface area (Å²) in [4.78, 5) is 11.8. The van der Waals surface area contributed by atoms with Gasteiger partial charge in [0.15, 0.2) is 0 Å². The van der Waals surface area contributed by atoms with Gasteiger partial charge in [-0.25, -0.2) is 5.43 Å². The van der Waals surface area contributed by atoms with E-state index in [1.807, 2.05) is 43.3 Å². The summed E-state index contributed by atoms with van der Waals surface area (Å²) in [6, 6.07) is 10.1. The lowest BCUT2D eigenvalue weighted by Crippen LogP contribution is -2.16. The Balaban J connectivity index is 1.93. The highest BCUT2D eigenvalue weighted by Crippen LogP contribution is 2.13. The van der Waals surface area contributed by atoms with E-state index in [1.54, 1.807) is 6.21 Å². The molecule has 0 atom stereocenters. The molecule has 3 heteroatoms. The third kappa shape index (κ3) is 15.7. The van der Waals surface area contributed by atoms with Crippen molar-refractivity contribution in [2.45, 2.75) is 104 Å². The smallest absolute Gasteiger partial charge is 0.240 e. The van der Waals surface area contributed by atoms with Crippen molar-refractivity contribution in [1.82, 2.24) is 5.43 Å². The molecule has 0 aromatic heterocycles. The van der Waals surface area contributed by atoms with E-state index >= 15 is 0 Å². The van der Waals surface area contributed by atoms with Crippen LogP contribution in [0.5, 0.6) is 0 Å². The van der Waals surface area contributed by atoms with Crippen LogP contribution in [0.15, 0.2) is 41.0 Å². The van der Waals surface area contributed by atoms with Gasteiger partial charge in [0.2, 0.25) is 5.91 Å². The molecule has 1 amide bonds. The summed E-state index contributed by atoms with van der Waals surface area (Å²) in [5.41, 5.74) is 4.78. The van der Waals surface area contributed by atoms with Crippen LogP contribution in [0.3, 0.4) is 0 Å². The average molecular weight is 399 g/mol. The first-order valence-electron chi connectivity index (χ1n) is 11.8. The number of nitrogens with one attached hydrogen (secondary N) is 1. The molecule has 1 rings (SSSR count). The molecule has 0 unspecified atom stereocenters. The van der Waals surface area contributed by atoms with E-state index in [2.05, 4.69) is 17.5 Å². The Labute approximate surface area is 179 Å². The Hall–Kier alpha value is -1.90. The molecule has 1 N–H and O–H groups in total. The number of carbonyl (C=O) groups excluding carboxylic acids is 1. The van der Waals surface area contributed by atoms with Crippen molar-refractivity contribution in [1.29, 1.82) is 0 Å². The zero-order valence-electron chi connectivity index (χ0n) is 18.8. The summed E-state index contributed by atoms with van der Waals surface area (Å²) in [7, 11) is 0. The molecule has 29 heavy (non-hydrogen) atoms. The Bertz CT molecular complexity index is 578. The van der Waals surface area contributed by atoms with Crippen LogP contribution in [0.2, 0.25) is 0 Å². The van der Waals surface area contributed by atoms with Crippen molar-refractivity contribution >= 4 is 18.2 Å². The molecule has 162 valence electrons. The van der Waals surface area contributed by atoms with Crippen molar-refractivity contribution in [3.63, 3.8) is 0 Å². The van der Waals surface area contributed by atoms with Gasteiger partial charge in [-0.3, -0.25) is 4.79 Å². The molecule has 0 bridgehead atoms. The van der Waals surface area contributed by atoms with Gasteiger partial charge in [-0.2, -0.15) is 5.10 Å². The average Bonchev–Trinajstić information content (AvgIpc) is 2.72. The number of allylic oxidation sites excluding steroid dienone is 1. The van der Waals surface area contributed by atoms with Crippen LogP contribution in [0, 0.1) is 0 Å². The summed E-state index contributed by atoms with van der Waals surface area (Å²) in [6.45, 7) is 4.25. The number of carbonyl (C=O) groups is 1. The first kappa shape index (κ1) is 25.1. The molecule has 0 heterocycles. The predicted molar refractivity (Wildman–Crippen MR) is 127 cm³/mol. The van der Waals surface area contributed by atoms with Gasteiger partial charge in [-0.15, -0.1) is 0 Å². The van der Waals surface area contributed by atoms with Gasteiger partial charge in [0.25, 0.3) is 0 Å². The molecule has 0 aliphatic heterocycles. The number of unbranched alkanes of at least 4 members (excludes halogenated alkanes) is 12. The van der Waals surface area contributed by atoms with Crippen molar-refractivity contribution in [3.8, 4) is 0 Å². The third-order valence-electron chi connectivity index (χ3n) is 5.16. The Morgan fingerprint density at radius 1 is 0.828 bits per heavy atom. The van der Waals surface area contributed by atoms with E-state index in [0.29, 0.717) is 6.42 Å². The quantitative estimate of drug-likeness (QED) is 0.163. The monoisotopic (exact) mass is 398 g/mol. The highest BCUT2D eigenvalue weighted by molar-refractivity contribution is 5.86. The van der Waals surface area contributed by atoms with Crippen LogP contribution >= 0.6 is 0 Å². The van der Waals surface area contributed by atoms with E-state index in [1.165, 1.54) is 70.6 Å². The molecular formula is C26H42N2O. The van der Waals surface area contributed by atoms with Gasteiger partial charge in [-0.1, -0.05) is 120 Å². The van der Waals surface area contributed by atoms with Crippen molar-refractivity contribution in [3.05, 3.63) is 41.5 Å². The van der Waals surface area contributed by atoms with Crippen LogP contribution in [0.4, 0.5) is 0 Å². The van der Waals surface area contributed by atoms with Crippen LogP contribution in [-0.2, 0) is 4.79 Å². The largest absolute Gasteiger partial charge is 0.273 e. The lowest BCUT2D eigenvalue weighted by Gasteiger charge is -2.03. The maximum Gasteiger partial charge on any atom is 0.240 e. The molecule has 0 fully saturated rings. The second-order valence-electron chi connectivity index (χ2n) is 8.08. The molecular weight excluding hydrogens is 356 g/mol. The highest BCUT2D eigenvalue weighted by Gasteiger charge is 1.99. The number of benzene rings is 1. The Morgan fingerprint density at radius 3 is 1.90 bits per heavy atom. The normalized spacial score (nSPS) is 11.9. The number of hydrogen-bond acceptors (Lipinski definition) is 2. The fourth-order valence-corrected chi connectivity index (χ4v) is 3.41. The number of hydrogen-bond donors (Lipinski definition) is 1. The SMILES string of the molecule is CCCCCCCCCCCCCCCC(=O)N/N=C/C(C)=C\c1ccccc1. The van der Waals surface area contributed by atoms with Crippen molar-refractivity contribution in [2.24, 2.45) is 5.10 Å². The van der Waals surface area contributed by atoms with Gasteiger partial charge >= 0.3 is 0 Å². The van der Waals surface area contributed by atoms with Crippen LogP contribution in [0.25, 0.3) is 6.08 Å². The van der Waals surface area contributed by atoms with Gasteiger partial charge in [-0.05, 0) is 24.5 Å². The number of hydrazone groups is 1. The zero-order chi connectivity index (χ0) is 21.0. The zero-order valence-corrected chi connectivity index (χ0v) is 18.8. The highest BCUT2D eigenvalue weighted by atomic mass is 16.2. The second kappa shape index (κ2) is 18.1. The molecule has 0 radical (unpaired) electrons. The maximum atomic E-state index is 11.8. The molecule has 0 saturated heterocycles. The topological polar surface area (TPSA) is 41.5 Å². The molecule has 3 nitrogen and oxygen atoms in total. The first-order chi connectivity index (χ1) is 14.2. The molecule has 0 saturated carbocycles. The molecule has 0 spiro atoms. The lowest BCUT2D eigenvalue weighted by molar-refractivity contribution is -0.121. The summed E-state index contributed by atoms with van der Waals surface area (Å²) < 4.78 is 0. The first-order valence-corrected chi connectivity index (χ1v) is 11.8. The Kier molecular flexibility index (Phi) is 15.7. The minimum absolute atomic E-state index is 0.0110. The minimum Gasteiger partial charge on any atom is -0.273 e. The molecule has 1 aromatic carbocycles. The fraction of sp³-hybridized carbons (Fsp3) is 0.615. The van der Waals surface area contributed by atoms with Gasteiger partial charge in [0.1, 0.15) is 0 Å². The Morgan fingerprint density at radius 2 is 1.34 bits per heavy atom. The predicted octanol–water partition coefficient (Wildman–Crippen LogP) is 7.67. The summed E-state index contributed by atoms with van der Waals surface area (Å²) >= 11 is 0. The van der Waals surface area contributed by atoms with E-state index in [-0.39, 0.29) is 5.91 Å². The van der Waals surface area contributed by atoms with E-state index in [9.17, 15) is 4.79 Å². The van der Waals surface area contributed by atoms with E-state index < -0.39 is 0 Å². The second-order valence-corrected chi connectivity index (χ2v) is 8.08. The van der Waals surface area contributed by atoms with Gasteiger partial charge in [0.05, 0.1) is 6.21 Å². The molecule has 1 aromatic rings. The summed E-state index contributed by atoms with van der Waals surface area (Å²) in [5, 5.41) is 4.05. The minimum atomic E-state index is 0.0110. The van der Waals surface area contributed by atoms with Crippen LogP contribution in [-0.4, -0.2) is 12.1 Å². The number of rotatable bonds is 17. The number of nitrogens with zero attached hydrogens (tertiary/aromatic N) is 1. The van der Waals surface area contributed by atoms with E-state index in [0.717, 1.165) is 24.0 Å². The molecule has 0 aliphatic rings. The lowest BCUT2D eigenvalue weighted by atomic mass is 10.0. The summed E-state index contributed by atoms with van der Waals surface area (Å²) in [6.07, 6.45) is 21.5. The maximum absolute atomic E-state index is 11.8. The fourth-order valence-electron chi connectivity index (χ4n) is 3.41.